The van der Waals surface area contributed by atoms with E-state index in [0.717, 1.165) is 11.1 Å². The number of amides is 3. The summed E-state index contributed by atoms with van der Waals surface area (Å²) < 4.78 is 11.9. The molecule has 0 aromatic heterocycles. The van der Waals surface area contributed by atoms with Crippen LogP contribution < -0.4 is 25.0 Å². The smallest absolute Gasteiger partial charge is 0.325 e. The zero-order valence-electron chi connectivity index (χ0n) is 18.8. The normalized spacial score (nSPS) is 20.6. The molecule has 0 spiro atoms. The van der Waals surface area contributed by atoms with Crippen molar-refractivity contribution in [3.05, 3.63) is 88.4 Å². The van der Waals surface area contributed by atoms with Crippen LogP contribution in [0.2, 0.25) is 5.02 Å². The summed E-state index contributed by atoms with van der Waals surface area (Å²) in [7, 11) is 1.59. The van der Waals surface area contributed by atoms with E-state index in [4.69, 9.17) is 21.1 Å². The van der Waals surface area contributed by atoms with Gasteiger partial charge in [0.25, 0.3) is 5.91 Å². The van der Waals surface area contributed by atoms with Crippen LogP contribution in [0.15, 0.2) is 66.7 Å². The summed E-state index contributed by atoms with van der Waals surface area (Å²) in [5.41, 5.74) is 1.74. The van der Waals surface area contributed by atoms with Crippen LogP contribution in [-0.4, -0.2) is 24.8 Å². The average molecular weight is 478 g/mol. The maximum absolute atomic E-state index is 13.2. The molecule has 3 amide bonds. The van der Waals surface area contributed by atoms with E-state index in [1.807, 2.05) is 43.3 Å². The summed E-state index contributed by atoms with van der Waals surface area (Å²) in [6, 6.07) is 19.4. The van der Waals surface area contributed by atoms with E-state index in [1.54, 1.807) is 42.3 Å². The molecule has 174 valence electrons. The van der Waals surface area contributed by atoms with E-state index in [9.17, 15) is 9.59 Å². The monoisotopic (exact) mass is 477 g/mol. The number of methoxy groups -OCH3 is 1. The maximum Gasteiger partial charge on any atom is 0.325 e. The van der Waals surface area contributed by atoms with Crippen molar-refractivity contribution < 1.29 is 19.1 Å². The highest BCUT2D eigenvalue weighted by atomic mass is 35.5. The number of para-hydroxylation sites is 1. The maximum atomic E-state index is 13.2. The van der Waals surface area contributed by atoms with Crippen molar-refractivity contribution in [3.8, 4) is 11.5 Å². The van der Waals surface area contributed by atoms with Crippen molar-refractivity contribution >= 4 is 29.2 Å². The summed E-state index contributed by atoms with van der Waals surface area (Å²) in [6.07, 6.45) is 0.543. The first kappa shape index (κ1) is 22.1. The Labute approximate surface area is 202 Å². The third kappa shape index (κ3) is 3.82. The molecule has 2 atom stereocenters. The molecule has 5 rings (SSSR count). The fourth-order valence-corrected chi connectivity index (χ4v) is 4.82. The highest BCUT2D eigenvalue weighted by molar-refractivity contribution is 6.31. The van der Waals surface area contributed by atoms with Crippen LogP contribution >= 0.6 is 11.6 Å². The molecule has 8 heteroatoms. The molecule has 1 saturated heterocycles. The molecule has 3 aromatic rings. The number of rotatable bonds is 5. The number of nitrogens with zero attached hydrogens (tertiary/aromatic N) is 1. The van der Waals surface area contributed by atoms with Crippen LogP contribution in [-0.2, 0) is 6.54 Å². The van der Waals surface area contributed by atoms with Crippen LogP contribution in [0.25, 0.3) is 0 Å². The first-order valence-electron chi connectivity index (χ1n) is 11.0. The Hall–Kier alpha value is -3.71. The van der Waals surface area contributed by atoms with Crippen LogP contribution in [0.3, 0.4) is 0 Å². The van der Waals surface area contributed by atoms with Gasteiger partial charge >= 0.3 is 6.03 Å². The number of urea groups is 1. The average Bonchev–Trinajstić information content (AvgIpc) is 2.82. The molecular formula is C26H24ClN3O4. The van der Waals surface area contributed by atoms with Crippen molar-refractivity contribution in [3.63, 3.8) is 0 Å². The van der Waals surface area contributed by atoms with Crippen molar-refractivity contribution in [2.45, 2.75) is 31.7 Å². The van der Waals surface area contributed by atoms with Gasteiger partial charge in [-0.2, -0.15) is 0 Å². The number of ether oxygens (including phenoxy) is 2. The predicted octanol–water partition coefficient (Wildman–Crippen LogP) is 5.05. The third-order valence-electron chi connectivity index (χ3n) is 6.25. The standard InChI is InChI=1S/C26H24ClN3O4/c1-26-14-21(19-10-6-12-22(33-2)23(19)34-26)29-25(32)30(26)18-9-5-8-16(13-18)24(31)28-15-17-7-3-4-11-20(17)27/h3-13,21H,14-15H2,1-2H3,(H,28,31)(H,29,32)/t21-,26+/m1/s1. The SMILES string of the molecule is COc1cccc2c1O[C@@]1(C)C[C@H]2NC(=O)N1c1cccc(C(=O)NCc2ccccc2Cl)c1. The number of nitrogens with one attached hydrogen (secondary N) is 2. The lowest BCUT2D eigenvalue weighted by Gasteiger charge is -2.50. The lowest BCUT2D eigenvalue weighted by Crippen LogP contribution is -2.65. The zero-order valence-corrected chi connectivity index (χ0v) is 19.6. The number of anilines is 1. The molecule has 34 heavy (non-hydrogen) atoms. The molecule has 1 fully saturated rings. The van der Waals surface area contributed by atoms with Gasteiger partial charge in [0.2, 0.25) is 0 Å². The summed E-state index contributed by atoms with van der Waals surface area (Å²) in [5, 5.41) is 6.55. The first-order valence-corrected chi connectivity index (χ1v) is 11.4. The van der Waals surface area contributed by atoms with Gasteiger partial charge in [0.1, 0.15) is 0 Å². The Morgan fingerprint density at radius 2 is 2.00 bits per heavy atom. The number of benzene rings is 3. The Balaban J connectivity index is 1.42. The molecule has 0 radical (unpaired) electrons. The van der Waals surface area contributed by atoms with E-state index in [2.05, 4.69) is 10.6 Å². The highest BCUT2D eigenvalue weighted by Crippen LogP contribution is 2.49. The van der Waals surface area contributed by atoms with Crippen LogP contribution in [0, 0.1) is 0 Å². The number of carbonyl (C=O) groups excluding carboxylic acids is 2. The minimum Gasteiger partial charge on any atom is -0.493 e. The van der Waals surface area contributed by atoms with E-state index in [-0.39, 0.29) is 18.0 Å². The Morgan fingerprint density at radius 3 is 2.79 bits per heavy atom. The van der Waals surface area contributed by atoms with Crippen molar-refractivity contribution in [2.75, 3.05) is 12.0 Å². The molecule has 2 bridgehead atoms. The highest BCUT2D eigenvalue weighted by Gasteiger charge is 2.50. The van der Waals surface area contributed by atoms with Gasteiger partial charge in [-0.3, -0.25) is 9.69 Å². The van der Waals surface area contributed by atoms with E-state index < -0.39 is 5.72 Å². The van der Waals surface area contributed by atoms with Gasteiger partial charge in [0.15, 0.2) is 17.2 Å². The van der Waals surface area contributed by atoms with Gasteiger partial charge in [-0.05, 0) is 42.8 Å². The largest absolute Gasteiger partial charge is 0.493 e. The van der Waals surface area contributed by atoms with Gasteiger partial charge in [-0.25, -0.2) is 4.79 Å². The molecule has 2 aliphatic heterocycles. The van der Waals surface area contributed by atoms with Gasteiger partial charge < -0.3 is 20.1 Å². The third-order valence-corrected chi connectivity index (χ3v) is 6.62. The fourth-order valence-electron chi connectivity index (χ4n) is 4.62. The topological polar surface area (TPSA) is 79.9 Å². The Morgan fingerprint density at radius 1 is 1.21 bits per heavy atom. The second-order valence-corrected chi connectivity index (χ2v) is 8.93. The molecular weight excluding hydrogens is 454 g/mol. The summed E-state index contributed by atoms with van der Waals surface area (Å²) in [4.78, 5) is 27.6. The van der Waals surface area contributed by atoms with Gasteiger partial charge in [-0.15, -0.1) is 0 Å². The van der Waals surface area contributed by atoms with Crippen molar-refractivity contribution in [1.82, 2.24) is 10.6 Å². The Bertz CT molecular complexity index is 1280. The molecule has 2 aliphatic rings. The van der Waals surface area contributed by atoms with Crippen LogP contribution in [0.5, 0.6) is 11.5 Å². The van der Waals surface area contributed by atoms with E-state index in [0.29, 0.717) is 40.7 Å². The second-order valence-electron chi connectivity index (χ2n) is 8.52. The van der Waals surface area contributed by atoms with Crippen molar-refractivity contribution in [1.29, 1.82) is 0 Å². The molecule has 0 aliphatic carbocycles. The number of hydrogen-bond acceptors (Lipinski definition) is 4. The van der Waals surface area contributed by atoms with Crippen molar-refractivity contribution in [2.24, 2.45) is 0 Å². The fraction of sp³-hybridized carbons (Fsp3) is 0.231. The van der Waals surface area contributed by atoms with Gasteiger partial charge in [0, 0.05) is 29.1 Å². The minimum atomic E-state index is -0.957. The van der Waals surface area contributed by atoms with Gasteiger partial charge in [-0.1, -0.05) is 48.0 Å². The number of fused-ring (bicyclic) bond motifs is 4. The number of hydrogen-bond donors (Lipinski definition) is 2. The summed E-state index contributed by atoms with van der Waals surface area (Å²) >= 11 is 6.19. The zero-order chi connectivity index (χ0) is 23.9. The second kappa shape index (κ2) is 8.57. The van der Waals surface area contributed by atoms with E-state index >= 15 is 0 Å². The summed E-state index contributed by atoms with van der Waals surface area (Å²) in [5.74, 6) is 0.957. The molecule has 0 saturated carbocycles. The quantitative estimate of drug-likeness (QED) is 0.539. The molecule has 0 unspecified atom stereocenters. The lowest BCUT2D eigenvalue weighted by molar-refractivity contribution is 0.0349. The molecule has 3 aromatic carbocycles. The van der Waals surface area contributed by atoms with Gasteiger partial charge in [0.05, 0.1) is 18.8 Å². The number of carbonyl (C=O) groups is 2. The lowest BCUT2D eigenvalue weighted by atomic mass is 9.89. The molecule has 7 nitrogen and oxygen atoms in total. The molecule has 2 N–H and O–H groups in total. The minimum absolute atomic E-state index is 0.199. The van der Waals surface area contributed by atoms with Crippen LogP contribution in [0.4, 0.5) is 10.5 Å². The first-order chi connectivity index (χ1) is 16.4. The van der Waals surface area contributed by atoms with E-state index in [1.165, 1.54) is 0 Å². The Kier molecular flexibility index (Phi) is 5.57. The van der Waals surface area contributed by atoms with Crippen LogP contribution in [0.1, 0.15) is 40.9 Å². The summed E-state index contributed by atoms with van der Waals surface area (Å²) in [6.45, 7) is 2.17. The molecule has 2 heterocycles. The number of halogens is 1. The predicted molar refractivity (Wildman–Crippen MR) is 129 cm³/mol.